The van der Waals surface area contributed by atoms with Crippen molar-refractivity contribution in [2.75, 3.05) is 5.43 Å². The van der Waals surface area contributed by atoms with Gasteiger partial charge in [0.25, 0.3) is 5.91 Å². The molecule has 0 saturated carbocycles. The first kappa shape index (κ1) is 15.5. The molecule has 25 heavy (non-hydrogen) atoms. The Bertz CT molecular complexity index is 1040. The number of H-pyrrole nitrogens is 1. The summed E-state index contributed by atoms with van der Waals surface area (Å²) in [5.74, 6) is 0.0973. The third-order valence-electron chi connectivity index (χ3n) is 3.79. The Kier molecular flexibility index (Phi) is 3.99. The molecule has 0 aliphatic heterocycles. The second-order valence-corrected chi connectivity index (χ2v) is 6.26. The first-order chi connectivity index (χ1) is 12.2. The van der Waals surface area contributed by atoms with E-state index in [0.29, 0.717) is 11.4 Å². The Balaban J connectivity index is 1.68. The van der Waals surface area contributed by atoms with Gasteiger partial charge in [0, 0.05) is 5.38 Å². The van der Waals surface area contributed by atoms with Gasteiger partial charge in [0.15, 0.2) is 11.2 Å². The van der Waals surface area contributed by atoms with Crippen LogP contribution in [-0.4, -0.2) is 15.9 Å². The van der Waals surface area contributed by atoms with E-state index in [-0.39, 0.29) is 18.1 Å². The molecule has 1 amide bonds. The number of benzene rings is 2. The molecule has 124 valence electrons. The number of para-hydroxylation sites is 2. The van der Waals surface area contributed by atoms with Crippen LogP contribution in [0.2, 0.25) is 0 Å². The van der Waals surface area contributed by atoms with Crippen LogP contribution in [0.3, 0.4) is 0 Å². The van der Waals surface area contributed by atoms with Crippen molar-refractivity contribution in [3.8, 4) is 11.5 Å². The quantitative estimate of drug-likeness (QED) is 0.554. The van der Waals surface area contributed by atoms with E-state index in [9.17, 15) is 9.18 Å². The van der Waals surface area contributed by atoms with Crippen molar-refractivity contribution < 1.29 is 13.9 Å². The summed E-state index contributed by atoms with van der Waals surface area (Å²) in [6.45, 7) is 0. The van der Waals surface area contributed by atoms with Crippen LogP contribution < -0.4 is 10.1 Å². The normalized spacial score (nSPS) is 10.9. The third-order valence-corrected chi connectivity index (χ3v) is 4.37. The molecule has 4 rings (SSSR count). The minimum Gasteiger partial charge on any atom is -0.271 e. The fraction of sp³-hybridized carbons (Fsp3) is 0.0556. The average Bonchev–Trinajstić information content (AvgIpc) is 3.23. The summed E-state index contributed by atoms with van der Waals surface area (Å²) in [4.78, 5) is 20.1. The monoisotopic (exact) mass is 353 g/mol. The molecule has 4 aromatic rings. The minimum absolute atomic E-state index is 0.0841. The number of aromatic amines is 1. The maximum atomic E-state index is 13.3. The number of nitrogens with one attached hydrogen (secondary N) is 2. The summed E-state index contributed by atoms with van der Waals surface area (Å²) in [6.07, 6.45) is 0.0841. The van der Waals surface area contributed by atoms with Crippen molar-refractivity contribution in [1.82, 2.24) is 9.97 Å². The summed E-state index contributed by atoms with van der Waals surface area (Å²) in [5.41, 5.74) is 7.69. The van der Waals surface area contributed by atoms with Crippen molar-refractivity contribution in [2.24, 2.45) is 0 Å². The molecule has 2 N–H and O–H groups in total. The maximum absolute atomic E-state index is 13.3. The Hall–Kier alpha value is -3.06. The zero-order chi connectivity index (χ0) is 17.2. The van der Waals surface area contributed by atoms with Crippen LogP contribution in [0, 0.1) is 5.82 Å². The number of amides is 1. The van der Waals surface area contributed by atoms with Crippen molar-refractivity contribution in [1.29, 1.82) is 0 Å². The van der Waals surface area contributed by atoms with Gasteiger partial charge in [-0.3, -0.25) is 4.79 Å². The van der Waals surface area contributed by atoms with Crippen molar-refractivity contribution in [3.05, 3.63) is 70.8 Å². The first-order valence-corrected chi connectivity index (χ1v) is 8.60. The van der Waals surface area contributed by atoms with Crippen LogP contribution >= 0.6 is 11.3 Å². The van der Waals surface area contributed by atoms with E-state index in [1.54, 1.807) is 22.3 Å². The lowest BCUT2D eigenvalue weighted by Crippen LogP contribution is -2.49. The van der Waals surface area contributed by atoms with Gasteiger partial charge in [-0.15, -0.1) is 16.0 Å². The fourth-order valence-corrected chi connectivity index (χ4v) is 3.24. The van der Waals surface area contributed by atoms with E-state index in [1.165, 1.54) is 23.5 Å². The molecular formula is C18H14FN4OS+. The smallest absolute Gasteiger partial charge is 0.271 e. The predicted molar refractivity (Wildman–Crippen MR) is 94.1 cm³/mol. The number of halogens is 1. The van der Waals surface area contributed by atoms with Gasteiger partial charge in [-0.25, -0.2) is 14.4 Å². The highest BCUT2D eigenvalue weighted by atomic mass is 32.1. The topological polar surface area (TPSA) is 61.7 Å². The van der Waals surface area contributed by atoms with Gasteiger partial charge in [-0.2, -0.15) is 5.43 Å². The molecular weight excluding hydrogens is 339 g/mol. The zero-order valence-electron chi connectivity index (χ0n) is 13.1. The van der Waals surface area contributed by atoms with Crippen LogP contribution in [0.15, 0.2) is 59.4 Å². The molecule has 0 spiro atoms. The summed E-state index contributed by atoms with van der Waals surface area (Å²) >= 11 is 1.48. The molecule has 0 saturated heterocycles. The molecule has 0 radical (unpaired) electrons. The molecule has 7 heteroatoms. The minimum atomic E-state index is -0.354. The standard InChI is InChI=1S/C18H13FN4OS/c19-13-5-3-4-12(8-13)9-17(24)22-23-16-7-2-1-6-14(16)21-18(23)15-10-25-11-20-15/h1-8,10-11H,9H2,(H,22,24)/p+1. The lowest BCUT2D eigenvalue weighted by molar-refractivity contribution is -0.603. The van der Waals surface area contributed by atoms with Gasteiger partial charge in [-0.05, 0) is 29.8 Å². The van der Waals surface area contributed by atoms with E-state index in [1.807, 2.05) is 29.6 Å². The highest BCUT2D eigenvalue weighted by Crippen LogP contribution is 2.18. The van der Waals surface area contributed by atoms with Gasteiger partial charge >= 0.3 is 5.82 Å². The van der Waals surface area contributed by atoms with E-state index in [4.69, 9.17) is 0 Å². The Labute approximate surface area is 146 Å². The molecule has 0 bridgehead atoms. The number of imidazole rings is 1. The number of carbonyl (C=O) groups excluding carboxylic acids is 1. The van der Waals surface area contributed by atoms with Gasteiger partial charge in [0.1, 0.15) is 5.82 Å². The molecule has 0 unspecified atom stereocenters. The lowest BCUT2D eigenvalue weighted by atomic mass is 10.1. The van der Waals surface area contributed by atoms with Gasteiger partial charge in [0.05, 0.1) is 11.9 Å². The van der Waals surface area contributed by atoms with Crippen molar-refractivity contribution in [3.63, 3.8) is 0 Å². The number of hydrogen-bond acceptors (Lipinski definition) is 3. The number of nitrogens with zero attached hydrogens (tertiary/aromatic N) is 2. The van der Waals surface area contributed by atoms with Gasteiger partial charge in [0.2, 0.25) is 5.52 Å². The number of fused-ring (bicyclic) bond motifs is 1. The zero-order valence-corrected chi connectivity index (χ0v) is 13.9. The maximum Gasteiger partial charge on any atom is 0.331 e. The number of hydrogen-bond donors (Lipinski definition) is 2. The first-order valence-electron chi connectivity index (χ1n) is 7.66. The second kappa shape index (κ2) is 6.45. The number of aromatic nitrogens is 3. The van der Waals surface area contributed by atoms with Crippen LogP contribution in [-0.2, 0) is 11.2 Å². The van der Waals surface area contributed by atoms with Crippen molar-refractivity contribution >= 4 is 28.3 Å². The van der Waals surface area contributed by atoms with E-state index < -0.39 is 0 Å². The van der Waals surface area contributed by atoms with Crippen LogP contribution in [0.25, 0.3) is 22.6 Å². The number of thiazole rings is 1. The van der Waals surface area contributed by atoms with Crippen molar-refractivity contribution in [2.45, 2.75) is 6.42 Å². The molecule has 0 aliphatic carbocycles. The highest BCUT2D eigenvalue weighted by molar-refractivity contribution is 7.07. The average molecular weight is 353 g/mol. The Morgan fingerprint density at radius 3 is 2.92 bits per heavy atom. The van der Waals surface area contributed by atoms with Crippen LogP contribution in [0.4, 0.5) is 4.39 Å². The van der Waals surface area contributed by atoms with E-state index >= 15 is 0 Å². The van der Waals surface area contributed by atoms with Crippen LogP contribution in [0.5, 0.6) is 0 Å². The third kappa shape index (κ3) is 3.14. The highest BCUT2D eigenvalue weighted by Gasteiger charge is 2.23. The van der Waals surface area contributed by atoms with E-state index in [2.05, 4.69) is 15.4 Å². The Morgan fingerprint density at radius 1 is 1.24 bits per heavy atom. The largest absolute Gasteiger partial charge is 0.331 e. The number of rotatable bonds is 4. The fourth-order valence-electron chi connectivity index (χ4n) is 2.70. The van der Waals surface area contributed by atoms with Gasteiger partial charge < -0.3 is 0 Å². The summed E-state index contributed by atoms with van der Waals surface area (Å²) in [5, 5.41) is 1.90. The molecule has 2 aromatic carbocycles. The molecule has 0 fully saturated rings. The molecule has 5 nitrogen and oxygen atoms in total. The Morgan fingerprint density at radius 2 is 2.12 bits per heavy atom. The van der Waals surface area contributed by atoms with Gasteiger partial charge in [-0.1, -0.05) is 24.3 Å². The lowest BCUT2D eigenvalue weighted by Gasteiger charge is -2.04. The molecule has 2 aromatic heterocycles. The van der Waals surface area contributed by atoms with E-state index in [0.717, 1.165) is 16.7 Å². The summed E-state index contributed by atoms with van der Waals surface area (Å²) in [6, 6.07) is 13.7. The second-order valence-electron chi connectivity index (χ2n) is 5.54. The predicted octanol–water partition coefficient (Wildman–Crippen LogP) is 3.03. The molecule has 2 heterocycles. The summed E-state index contributed by atoms with van der Waals surface area (Å²) in [7, 11) is 0. The van der Waals surface area contributed by atoms with Crippen LogP contribution in [0.1, 0.15) is 5.56 Å². The molecule has 0 atom stereocenters. The number of carbonyl (C=O) groups is 1. The SMILES string of the molecule is O=C(Cc1cccc(F)c1)N[n+]1c(-c2cscn2)[nH]c2ccccc21. The molecule has 0 aliphatic rings. The summed E-state index contributed by atoms with van der Waals surface area (Å²) < 4.78 is 15.0.